The molecule has 6 rings (SSSR count). The average molecular weight is 528 g/mol. The molecule has 3 aliphatic rings. The summed E-state index contributed by atoms with van der Waals surface area (Å²) in [5.74, 6) is 0.112. The number of thiazole rings is 1. The molecule has 1 aliphatic carbocycles. The third kappa shape index (κ3) is 3.92. The molecule has 192 valence electrons. The zero-order valence-electron chi connectivity index (χ0n) is 20.8. The van der Waals surface area contributed by atoms with E-state index in [0.29, 0.717) is 72.9 Å². The summed E-state index contributed by atoms with van der Waals surface area (Å²) in [5, 5.41) is 20.1. The van der Waals surface area contributed by atoms with Crippen LogP contribution in [0.15, 0.2) is 42.4 Å². The van der Waals surface area contributed by atoms with Gasteiger partial charge in [0.05, 0.1) is 28.4 Å². The standard InChI is InChI=1S/C29H26FN5O2S/c1-2-25(37)35-15-29(16-35)9-10-34(14-29)28-21(12-31)26(19-5-3-4-6-22(19)30)20-8-7-18(11-23(20)33-28)27-24(13-36)32-17-38-27/h2-6,11,17,36H,1,7-10,13-16H2. The molecule has 1 spiro atoms. The predicted molar refractivity (Wildman–Crippen MR) is 145 cm³/mol. The van der Waals surface area contributed by atoms with E-state index in [9.17, 15) is 15.2 Å². The Kier molecular flexibility index (Phi) is 6.09. The molecule has 1 aromatic carbocycles. The van der Waals surface area contributed by atoms with Crippen LogP contribution in [0.1, 0.15) is 40.2 Å². The van der Waals surface area contributed by atoms with Crippen molar-refractivity contribution in [3.05, 3.63) is 75.6 Å². The van der Waals surface area contributed by atoms with Crippen LogP contribution in [0.5, 0.6) is 0 Å². The van der Waals surface area contributed by atoms with E-state index in [1.54, 1.807) is 28.6 Å². The first-order valence-corrected chi connectivity index (χ1v) is 13.5. The number of aliphatic hydroxyl groups is 1. The summed E-state index contributed by atoms with van der Waals surface area (Å²) in [6, 6.07) is 8.93. The highest BCUT2D eigenvalue weighted by atomic mass is 32.1. The summed E-state index contributed by atoms with van der Waals surface area (Å²) in [7, 11) is 0. The first-order chi connectivity index (χ1) is 18.5. The number of hydrogen-bond acceptors (Lipinski definition) is 7. The molecule has 2 aromatic heterocycles. The number of aliphatic hydroxyl groups excluding tert-OH is 1. The Balaban J connectivity index is 1.47. The van der Waals surface area contributed by atoms with Crippen LogP contribution in [-0.4, -0.2) is 52.1 Å². The lowest BCUT2D eigenvalue weighted by Crippen LogP contribution is -2.59. The highest BCUT2D eigenvalue weighted by Gasteiger charge is 2.49. The number of benzene rings is 1. The Hall–Kier alpha value is -3.87. The van der Waals surface area contributed by atoms with E-state index in [1.807, 2.05) is 6.08 Å². The van der Waals surface area contributed by atoms with Crippen molar-refractivity contribution in [1.82, 2.24) is 14.9 Å². The number of carbonyl (C=O) groups is 1. The second kappa shape index (κ2) is 9.46. The molecular formula is C29H26FN5O2S. The van der Waals surface area contributed by atoms with Gasteiger partial charge >= 0.3 is 0 Å². The molecule has 2 aliphatic heterocycles. The minimum atomic E-state index is -0.376. The van der Waals surface area contributed by atoms with Crippen molar-refractivity contribution >= 4 is 34.7 Å². The second-order valence-corrected chi connectivity index (χ2v) is 11.0. The van der Waals surface area contributed by atoms with Crippen molar-refractivity contribution < 1.29 is 14.3 Å². The highest BCUT2D eigenvalue weighted by molar-refractivity contribution is 7.11. The number of anilines is 1. The van der Waals surface area contributed by atoms with E-state index in [0.717, 1.165) is 22.4 Å². The van der Waals surface area contributed by atoms with Gasteiger partial charge in [0, 0.05) is 42.7 Å². The first kappa shape index (κ1) is 24.5. The number of carbonyl (C=O) groups excluding carboxylic acids is 1. The monoisotopic (exact) mass is 527 g/mol. The summed E-state index contributed by atoms with van der Waals surface area (Å²) < 4.78 is 15.2. The number of halogens is 1. The number of nitriles is 1. The molecule has 38 heavy (non-hydrogen) atoms. The number of aromatic nitrogens is 2. The van der Waals surface area contributed by atoms with Crippen molar-refractivity contribution in [2.75, 3.05) is 31.1 Å². The van der Waals surface area contributed by atoms with Gasteiger partial charge in [0.15, 0.2) is 0 Å². The van der Waals surface area contributed by atoms with Crippen LogP contribution in [0.2, 0.25) is 0 Å². The Bertz CT molecular complexity index is 1530. The Labute approximate surface area is 224 Å². The van der Waals surface area contributed by atoms with Crippen molar-refractivity contribution in [2.45, 2.75) is 25.9 Å². The minimum Gasteiger partial charge on any atom is -0.390 e. The third-order valence-electron chi connectivity index (χ3n) is 7.88. The smallest absolute Gasteiger partial charge is 0.245 e. The van der Waals surface area contributed by atoms with Gasteiger partial charge in [0.25, 0.3) is 0 Å². The number of pyridine rings is 1. The molecule has 2 saturated heterocycles. The van der Waals surface area contributed by atoms with Gasteiger partial charge in [0.2, 0.25) is 5.91 Å². The molecular weight excluding hydrogens is 501 g/mol. The average Bonchev–Trinajstić information content (AvgIpc) is 3.59. The molecule has 7 nitrogen and oxygen atoms in total. The van der Waals surface area contributed by atoms with Crippen LogP contribution in [0.3, 0.4) is 0 Å². The number of hydrogen-bond donors (Lipinski definition) is 1. The molecule has 0 saturated carbocycles. The van der Waals surface area contributed by atoms with Gasteiger partial charge in [-0.1, -0.05) is 24.8 Å². The first-order valence-electron chi connectivity index (χ1n) is 12.6. The van der Waals surface area contributed by atoms with E-state index in [2.05, 4.69) is 22.5 Å². The van der Waals surface area contributed by atoms with E-state index in [-0.39, 0.29) is 23.7 Å². The predicted octanol–water partition coefficient (Wildman–Crippen LogP) is 4.42. The SMILES string of the molecule is C=CC(=O)N1CC2(CCN(c3nc4c(c(-c5ccccc5F)c3C#N)CCC(c3scnc3CO)=C4)C2)C1. The van der Waals surface area contributed by atoms with Gasteiger partial charge in [-0.05, 0) is 48.6 Å². The lowest BCUT2D eigenvalue weighted by atomic mass is 9.79. The molecule has 0 bridgehead atoms. The molecule has 0 radical (unpaired) electrons. The summed E-state index contributed by atoms with van der Waals surface area (Å²) in [6.07, 6.45) is 5.50. The van der Waals surface area contributed by atoms with E-state index >= 15 is 4.39 Å². The Morgan fingerprint density at radius 2 is 2.11 bits per heavy atom. The van der Waals surface area contributed by atoms with Crippen molar-refractivity contribution in [1.29, 1.82) is 5.26 Å². The van der Waals surface area contributed by atoms with E-state index < -0.39 is 0 Å². The van der Waals surface area contributed by atoms with Gasteiger partial charge in [-0.3, -0.25) is 4.79 Å². The van der Waals surface area contributed by atoms with Gasteiger partial charge < -0.3 is 14.9 Å². The second-order valence-electron chi connectivity index (χ2n) is 10.2. The summed E-state index contributed by atoms with van der Waals surface area (Å²) in [4.78, 5) is 26.2. The van der Waals surface area contributed by atoms with Crippen molar-refractivity contribution in [3.8, 4) is 17.2 Å². The molecule has 1 N–H and O–H groups in total. The van der Waals surface area contributed by atoms with Crippen LogP contribution in [-0.2, 0) is 17.8 Å². The maximum absolute atomic E-state index is 15.2. The quantitative estimate of drug-likeness (QED) is 0.494. The van der Waals surface area contributed by atoms with Gasteiger partial charge in [-0.25, -0.2) is 14.4 Å². The van der Waals surface area contributed by atoms with Crippen LogP contribution in [0.25, 0.3) is 22.8 Å². The normalized spacial score (nSPS) is 17.6. The van der Waals surface area contributed by atoms with Crippen LogP contribution >= 0.6 is 11.3 Å². The summed E-state index contributed by atoms with van der Waals surface area (Å²) in [6.45, 7) is 6.12. The fraction of sp³-hybridized carbons (Fsp3) is 0.310. The lowest BCUT2D eigenvalue weighted by Gasteiger charge is -2.47. The molecule has 0 atom stereocenters. The lowest BCUT2D eigenvalue weighted by molar-refractivity contribution is -0.136. The fourth-order valence-corrected chi connectivity index (χ4v) is 6.89. The van der Waals surface area contributed by atoms with Crippen LogP contribution < -0.4 is 4.90 Å². The van der Waals surface area contributed by atoms with Crippen LogP contribution in [0.4, 0.5) is 10.2 Å². The zero-order valence-corrected chi connectivity index (χ0v) is 21.6. The summed E-state index contributed by atoms with van der Waals surface area (Å²) >= 11 is 1.48. The fourth-order valence-electron chi connectivity index (χ4n) is 6.04. The van der Waals surface area contributed by atoms with E-state index in [4.69, 9.17) is 4.98 Å². The Morgan fingerprint density at radius 1 is 1.29 bits per heavy atom. The zero-order chi connectivity index (χ0) is 26.4. The molecule has 2 fully saturated rings. The number of allylic oxidation sites excluding steroid dienone is 1. The van der Waals surface area contributed by atoms with E-state index in [1.165, 1.54) is 23.5 Å². The molecule has 1 amide bonds. The number of rotatable bonds is 5. The number of amides is 1. The van der Waals surface area contributed by atoms with Gasteiger partial charge in [-0.15, -0.1) is 11.3 Å². The van der Waals surface area contributed by atoms with Crippen molar-refractivity contribution in [2.24, 2.45) is 5.41 Å². The third-order valence-corrected chi connectivity index (χ3v) is 8.82. The van der Waals surface area contributed by atoms with Crippen molar-refractivity contribution in [3.63, 3.8) is 0 Å². The Morgan fingerprint density at radius 3 is 2.84 bits per heavy atom. The molecule has 9 heteroatoms. The maximum atomic E-state index is 15.2. The minimum absolute atomic E-state index is 0.0409. The molecule has 4 heterocycles. The van der Waals surface area contributed by atoms with Gasteiger partial charge in [0.1, 0.15) is 23.3 Å². The van der Waals surface area contributed by atoms with Crippen LogP contribution in [0, 0.1) is 22.6 Å². The summed E-state index contributed by atoms with van der Waals surface area (Å²) in [5.41, 5.74) is 6.31. The highest BCUT2D eigenvalue weighted by Crippen LogP contribution is 2.45. The number of likely N-dealkylation sites (tertiary alicyclic amines) is 1. The largest absolute Gasteiger partial charge is 0.390 e. The molecule has 0 unspecified atom stereocenters. The van der Waals surface area contributed by atoms with Gasteiger partial charge in [-0.2, -0.15) is 5.26 Å². The number of nitrogens with zero attached hydrogens (tertiary/aromatic N) is 5. The molecule has 3 aromatic rings. The maximum Gasteiger partial charge on any atom is 0.245 e. The number of fused-ring (bicyclic) bond motifs is 1. The topological polar surface area (TPSA) is 93.4 Å².